The zero-order valence-electron chi connectivity index (χ0n) is 10.4. The van der Waals surface area contributed by atoms with Crippen LogP contribution in [0.1, 0.15) is 0 Å². The summed E-state index contributed by atoms with van der Waals surface area (Å²) in [4.78, 5) is 1.87. The van der Waals surface area contributed by atoms with Crippen LogP contribution in [0.15, 0.2) is 42.5 Å². The van der Waals surface area contributed by atoms with Crippen LogP contribution in [-0.2, 0) is 0 Å². The molecule has 0 aliphatic rings. The van der Waals surface area contributed by atoms with E-state index in [2.05, 4.69) is 0 Å². The molecule has 0 heterocycles. The number of methoxy groups -OCH3 is 1. The van der Waals surface area contributed by atoms with Gasteiger partial charge in [-0.25, -0.2) is 4.39 Å². The second-order valence-electron chi connectivity index (χ2n) is 3.93. The quantitative estimate of drug-likeness (QED) is 0.845. The van der Waals surface area contributed by atoms with Crippen molar-refractivity contribution in [2.75, 3.05) is 24.8 Å². The van der Waals surface area contributed by atoms with Crippen LogP contribution in [0, 0.1) is 5.82 Å². The number of nitrogens with zero attached hydrogens (tertiary/aromatic N) is 1. The average Bonchev–Trinajstić information content (AvgIpc) is 2.38. The molecule has 18 heavy (non-hydrogen) atoms. The third kappa shape index (κ3) is 2.22. The first-order valence-electron chi connectivity index (χ1n) is 5.55. The maximum Gasteiger partial charge on any atom is 0.142 e. The minimum Gasteiger partial charge on any atom is -0.495 e. The lowest BCUT2D eigenvalue weighted by molar-refractivity contribution is 0.415. The highest BCUT2D eigenvalue weighted by molar-refractivity contribution is 5.77. The van der Waals surface area contributed by atoms with E-state index in [0.717, 1.165) is 17.1 Å². The van der Waals surface area contributed by atoms with Gasteiger partial charge in [0, 0.05) is 7.05 Å². The van der Waals surface area contributed by atoms with Crippen molar-refractivity contribution >= 4 is 17.1 Å². The van der Waals surface area contributed by atoms with E-state index in [0.29, 0.717) is 5.69 Å². The van der Waals surface area contributed by atoms with Gasteiger partial charge in [-0.15, -0.1) is 0 Å². The van der Waals surface area contributed by atoms with Gasteiger partial charge >= 0.3 is 0 Å². The van der Waals surface area contributed by atoms with Crippen molar-refractivity contribution in [3.05, 3.63) is 48.3 Å². The van der Waals surface area contributed by atoms with Crippen molar-refractivity contribution in [3.8, 4) is 5.75 Å². The molecule has 0 saturated heterocycles. The fourth-order valence-corrected chi connectivity index (χ4v) is 1.87. The molecular formula is C14H15FN2O. The molecule has 2 aromatic rings. The highest BCUT2D eigenvalue weighted by Gasteiger charge is 2.12. The van der Waals surface area contributed by atoms with Gasteiger partial charge in [0.2, 0.25) is 0 Å². The molecule has 94 valence electrons. The van der Waals surface area contributed by atoms with E-state index in [1.807, 2.05) is 36.2 Å². The summed E-state index contributed by atoms with van der Waals surface area (Å²) in [5, 5.41) is 0. The molecule has 0 aliphatic carbocycles. The molecule has 0 saturated carbocycles. The number of anilines is 3. The third-order valence-electron chi connectivity index (χ3n) is 2.80. The van der Waals surface area contributed by atoms with Crippen molar-refractivity contribution in [1.82, 2.24) is 0 Å². The Morgan fingerprint density at radius 3 is 2.50 bits per heavy atom. The van der Waals surface area contributed by atoms with Gasteiger partial charge in [0.05, 0.1) is 24.2 Å². The van der Waals surface area contributed by atoms with E-state index < -0.39 is 0 Å². The molecule has 0 spiro atoms. The third-order valence-corrected chi connectivity index (χ3v) is 2.80. The van der Waals surface area contributed by atoms with Crippen LogP contribution in [0.2, 0.25) is 0 Å². The maximum atomic E-state index is 13.0. The largest absolute Gasteiger partial charge is 0.495 e. The maximum absolute atomic E-state index is 13.0. The summed E-state index contributed by atoms with van der Waals surface area (Å²) in [6, 6.07) is 11.9. The smallest absolute Gasteiger partial charge is 0.142 e. The molecule has 0 aliphatic heterocycles. The van der Waals surface area contributed by atoms with Gasteiger partial charge in [-0.05, 0) is 30.3 Å². The molecule has 2 N–H and O–H groups in total. The Kier molecular flexibility index (Phi) is 3.37. The Bertz CT molecular complexity index is 557. The fourth-order valence-electron chi connectivity index (χ4n) is 1.87. The molecule has 0 atom stereocenters. The zero-order valence-corrected chi connectivity index (χ0v) is 10.4. The Morgan fingerprint density at radius 2 is 1.83 bits per heavy atom. The predicted octanol–water partition coefficient (Wildman–Crippen LogP) is 3.18. The molecule has 0 fully saturated rings. The van der Waals surface area contributed by atoms with Crippen molar-refractivity contribution in [2.45, 2.75) is 0 Å². The molecule has 3 nitrogen and oxygen atoms in total. The number of hydrogen-bond donors (Lipinski definition) is 1. The molecule has 2 aromatic carbocycles. The molecule has 0 bridgehead atoms. The number of hydrogen-bond acceptors (Lipinski definition) is 3. The second kappa shape index (κ2) is 4.96. The Morgan fingerprint density at radius 1 is 1.11 bits per heavy atom. The van der Waals surface area contributed by atoms with Crippen LogP contribution < -0.4 is 15.4 Å². The van der Waals surface area contributed by atoms with E-state index in [-0.39, 0.29) is 5.82 Å². The first-order valence-corrected chi connectivity index (χ1v) is 5.55. The SMILES string of the molecule is COc1ccccc1N(C)c1ccc(F)cc1N. The van der Waals surface area contributed by atoms with E-state index in [1.165, 1.54) is 12.1 Å². The standard InChI is InChI=1S/C14H15FN2O/c1-17(12-8-7-10(15)9-11(12)16)13-5-3-4-6-14(13)18-2/h3-9H,16H2,1-2H3. The van der Waals surface area contributed by atoms with Crippen molar-refractivity contribution in [2.24, 2.45) is 0 Å². The summed E-state index contributed by atoms with van der Waals surface area (Å²) >= 11 is 0. The number of halogens is 1. The summed E-state index contributed by atoms with van der Waals surface area (Å²) < 4.78 is 18.3. The van der Waals surface area contributed by atoms with E-state index >= 15 is 0 Å². The van der Waals surface area contributed by atoms with Crippen LogP contribution in [0.3, 0.4) is 0 Å². The van der Waals surface area contributed by atoms with Gasteiger partial charge in [-0.1, -0.05) is 12.1 Å². The molecular weight excluding hydrogens is 231 g/mol. The molecule has 0 radical (unpaired) electrons. The summed E-state index contributed by atoms with van der Waals surface area (Å²) in [5.74, 6) is 0.397. The average molecular weight is 246 g/mol. The molecule has 0 aromatic heterocycles. The number of rotatable bonds is 3. The summed E-state index contributed by atoms with van der Waals surface area (Å²) in [6.45, 7) is 0. The first-order chi connectivity index (χ1) is 8.63. The number of nitrogens with two attached hydrogens (primary N) is 1. The van der Waals surface area contributed by atoms with Crippen LogP contribution in [-0.4, -0.2) is 14.2 Å². The fraction of sp³-hybridized carbons (Fsp3) is 0.143. The van der Waals surface area contributed by atoms with Gasteiger partial charge in [0.15, 0.2) is 0 Å². The number of benzene rings is 2. The lowest BCUT2D eigenvalue weighted by Gasteiger charge is -2.23. The van der Waals surface area contributed by atoms with Crippen LogP contribution in [0.25, 0.3) is 0 Å². The zero-order chi connectivity index (χ0) is 13.1. The lowest BCUT2D eigenvalue weighted by atomic mass is 10.2. The highest BCUT2D eigenvalue weighted by atomic mass is 19.1. The van der Waals surface area contributed by atoms with Crippen LogP contribution in [0.4, 0.5) is 21.5 Å². The minimum absolute atomic E-state index is 0.343. The van der Waals surface area contributed by atoms with Gasteiger partial charge in [0.25, 0.3) is 0 Å². The topological polar surface area (TPSA) is 38.5 Å². The van der Waals surface area contributed by atoms with E-state index in [1.54, 1.807) is 13.2 Å². The number of ether oxygens (including phenoxy) is 1. The molecule has 4 heteroatoms. The Balaban J connectivity index is 2.44. The van der Waals surface area contributed by atoms with Gasteiger partial charge in [-0.3, -0.25) is 0 Å². The van der Waals surface area contributed by atoms with Gasteiger partial charge in [-0.2, -0.15) is 0 Å². The monoisotopic (exact) mass is 246 g/mol. The summed E-state index contributed by atoms with van der Waals surface area (Å²) in [6.07, 6.45) is 0. The first kappa shape index (κ1) is 12.2. The normalized spacial score (nSPS) is 10.2. The Hall–Kier alpha value is -2.23. The van der Waals surface area contributed by atoms with Crippen molar-refractivity contribution < 1.29 is 9.13 Å². The van der Waals surface area contributed by atoms with Gasteiger partial charge < -0.3 is 15.4 Å². The number of nitrogen functional groups attached to an aromatic ring is 1. The van der Waals surface area contributed by atoms with E-state index in [4.69, 9.17) is 10.5 Å². The summed E-state index contributed by atoms with van der Waals surface area (Å²) in [5.41, 5.74) is 7.83. The Labute approximate surface area is 106 Å². The molecule has 0 amide bonds. The molecule has 2 rings (SSSR count). The number of para-hydroxylation sites is 2. The van der Waals surface area contributed by atoms with Crippen LogP contribution >= 0.6 is 0 Å². The lowest BCUT2D eigenvalue weighted by Crippen LogP contribution is -2.12. The molecule has 0 unspecified atom stereocenters. The van der Waals surface area contributed by atoms with Gasteiger partial charge in [0.1, 0.15) is 11.6 Å². The minimum atomic E-state index is -0.343. The van der Waals surface area contributed by atoms with E-state index in [9.17, 15) is 4.39 Å². The second-order valence-corrected chi connectivity index (χ2v) is 3.93. The summed E-state index contributed by atoms with van der Waals surface area (Å²) in [7, 11) is 3.47. The van der Waals surface area contributed by atoms with Crippen molar-refractivity contribution in [1.29, 1.82) is 0 Å². The highest BCUT2D eigenvalue weighted by Crippen LogP contribution is 2.34. The van der Waals surface area contributed by atoms with Crippen molar-refractivity contribution in [3.63, 3.8) is 0 Å². The van der Waals surface area contributed by atoms with Crippen LogP contribution in [0.5, 0.6) is 5.75 Å². The predicted molar refractivity (Wildman–Crippen MR) is 71.9 cm³/mol.